The van der Waals surface area contributed by atoms with Gasteiger partial charge in [0.25, 0.3) is 5.91 Å². The van der Waals surface area contributed by atoms with Crippen molar-refractivity contribution in [3.63, 3.8) is 0 Å². The summed E-state index contributed by atoms with van der Waals surface area (Å²) < 4.78 is 5.54. The van der Waals surface area contributed by atoms with Crippen LogP contribution in [0.2, 0.25) is 5.02 Å². The van der Waals surface area contributed by atoms with Crippen LogP contribution < -0.4 is 4.74 Å². The van der Waals surface area contributed by atoms with Gasteiger partial charge in [-0.15, -0.1) is 0 Å². The maximum absolute atomic E-state index is 12.5. The third kappa shape index (κ3) is 5.17. The summed E-state index contributed by atoms with van der Waals surface area (Å²) in [6.45, 7) is 5.13. The molecule has 1 aliphatic rings. The Hall–Kier alpha value is -2.12. The van der Waals surface area contributed by atoms with Crippen molar-refractivity contribution in [2.75, 3.05) is 13.1 Å². The summed E-state index contributed by atoms with van der Waals surface area (Å²) in [5.74, 6) is -0.759. The lowest BCUT2D eigenvalue weighted by atomic mass is 10.3. The minimum Gasteiger partial charge on any atom is -0.481 e. The predicted octanol–water partition coefficient (Wildman–Crippen LogP) is 2.03. The molecule has 0 bridgehead atoms. The van der Waals surface area contributed by atoms with E-state index in [0.29, 0.717) is 30.3 Å². The molecule has 0 radical (unpaired) electrons. The van der Waals surface area contributed by atoms with Gasteiger partial charge >= 0.3 is 0 Å². The van der Waals surface area contributed by atoms with E-state index in [9.17, 15) is 14.4 Å². The highest BCUT2D eigenvalue weighted by atomic mass is 35.5. The Balaban J connectivity index is 1.98. The molecule has 1 heterocycles. The first-order valence-corrected chi connectivity index (χ1v) is 8.34. The smallest absolute Gasteiger partial charge is 0.294 e. The van der Waals surface area contributed by atoms with E-state index in [2.05, 4.69) is 0 Å². The zero-order chi connectivity index (χ0) is 18.6. The van der Waals surface area contributed by atoms with E-state index in [1.165, 1.54) is 20.8 Å². The first kappa shape index (κ1) is 19.2. The number of likely N-dealkylation sites (tertiary alicyclic amines) is 1. The zero-order valence-corrected chi connectivity index (χ0v) is 15.2. The van der Waals surface area contributed by atoms with Crippen molar-refractivity contribution in [1.82, 2.24) is 9.96 Å². The van der Waals surface area contributed by atoms with Crippen LogP contribution >= 0.6 is 11.6 Å². The van der Waals surface area contributed by atoms with E-state index >= 15 is 0 Å². The SMILES string of the molecule is CC(=O)N1CCC(ON(C(C)=O)C(=O)[C@H](C)Oc2ccc(Cl)cc2)C1. The van der Waals surface area contributed by atoms with Crippen LogP contribution in [0.1, 0.15) is 27.2 Å². The van der Waals surface area contributed by atoms with Crippen LogP contribution in [0.3, 0.4) is 0 Å². The van der Waals surface area contributed by atoms with Crippen LogP contribution in [0.15, 0.2) is 24.3 Å². The van der Waals surface area contributed by atoms with Gasteiger partial charge in [-0.05, 0) is 37.6 Å². The number of rotatable bonds is 5. The first-order chi connectivity index (χ1) is 11.8. The lowest BCUT2D eigenvalue weighted by Crippen LogP contribution is -2.45. The number of hydrogen-bond acceptors (Lipinski definition) is 5. The summed E-state index contributed by atoms with van der Waals surface area (Å²) in [5.41, 5.74) is 0. The quantitative estimate of drug-likeness (QED) is 0.743. The molecule has 8 heteroatoms. The number of halogens is 1. The summed E-state index contributed by atoms with van der Waals surface area (Å²) in [5, 5.41) is 1.27. The topological polar surface area (TPSA) is 76.2 Å². The fourth-order valence-electron chi connectivity index (χ4n) is 2.46. The van der Waals surface area contributed by atoms with E-state index in [1.807, 2.05) is 0 Å². The Labute approximate surface area is 151 Å². The van der Waals surface area contributed by atoms with Crippen molar-refractivity contribution in [2.24, 2.45) is 0 Å². The number of imide groups is 1. The number of benzene rings is 1. The lowest BCUT2D eigenvalue weighted by Gasteiger charge is -2.25. The molecule has 0 saturated carbocycles. The Morgan fingerprint density at radius 1 is 1.24 bits per heavy atom. The number of hydroxylamine groups is 2. The molecule has 0 spiro atoms. The average Bonchev–Trinajstić information content (AvgIpc) is 3.03. The van der Waals surface area contributed by atoms with Crippen molar-refractivity contribution in [1.29, 1.82) is 0 Å². The van der Waals surface area contributed by atoms with Gasteiger partial charge in [0, 0.05) is 32.0 Å². The predicted molar refractivity (Wildman–Crippen MR) is 90.8 cm³/mol. The van der Waals surface area contributed by atoms with Crippen molar-refractivity contribution >= 4 is 29.3 Å². The number of nitrogens with zero attached hydrogens (tertiary/aromatic N) is 2. The maximum Gasteiger partial charge on any atom is 0.294 e. The second-order valence-electron chi connectivity index (χ2n) is 5.85. The molecule has 1 fully saturated rings. The molecular weight excluding hydrogens is 348 g/mol. The molecule has 2 atom stereocenters. The summed E-state index contributed by atoms with van der Waals surface area (Å²) in [7, 11) is 0. The summed E-state index contributed by atoms with van der Waals surface area (Å²) in [6.07, 6.45) is -0.766. The second kappa shape index (κ2) is 8.31. The minimum absolute atomic E-state index is 0.0637. The van der Waals surface area contributed by atoms with E-state index < -0.39 is 24.0 Å². The molecule has 7 nitrogen and oxygen atoms in total. The number of hydrogen-bond donors (Lipinski definition) is 0. The van der Waals surface area contributed by atoms with Gasteiger partial charge in [-0.1, -0.05) is 11.6 Å². The highest BCUT2D eigenvalue weighted by Crippen LogP contribution is 2.19. The van der Waals surface area contributed by atoms with E-state index in [-0.39, 0.29) is 5.91 Å². The van der Waals surface area contributed by atoms with Gasteiger partial charge in [-0.2, -0.15) is 5.06 Å². The standard InChI is InChI=1S/C17H21ClN2O5/c1-11(24-15-6-4-14(18)5-7-15)17(23)20(13(3)22)25-16-8-9-19(10-16)12(2)21/h4-7,11,16H,8-10H2,1-3H3/t11-,16?/m0/s1. The molecule has 0 aromatic heterocycles. The van der Waals surface area contributed by atoms with Gasteiger partial charge in [0.1, 0.15) is 11.9 Å². The average molecular weight is 369 g/mol. The van der Waals surface area contributed by atoms with Crippen molar-refractivity contribution in [2.45, 2.75) is 39.4 Å². The van der Waals surface area contributed by atoms with Crippen LogP contribution in [0.25, 0.3) is 0 Å². The summed E-state index contributed by atoms with van der Waals surface area (Å²) in [6, 6.07) is 6.55. The van der Waals surface area contributed by atoms with Crippen molar-refractivity contribution < 1.29 is 24.0 Å². The molecule has 0 N–H and O–H groups in total. The molecule has 1 saturated heterocycles. The van der Waals surface area contributed by atoms with Crippen LogP contribution in [-0.4, -0.2) is 53.0 Å². The van der Waals surface area contributed by atoms with Crippen molar-refractivity contribution in [3.8, 4) is 5.75 Å². The maximum atomic E-state index is 12.5. The second-order valence-corrected chi connectivity index (χ2v) is 6.28. The molecule has 3 amide bonds. The molecule has 2 rings (SSSR count). The van der Waals surface area contributed by atoms with E-state index in [0.717, 1.165) is 5.06 Å². The molecule has 1 unspecified atom stereocenters. The Morgan fingerprint density at radius 2 is 1.88 bits per heavy atom. The monoisotopic (exact) mass is 368 g/mol. The third-order valence-corrected chi connectivity index (χ3v) is 4.06. The number of carbonyl (C=O) groups excluding carboxylic acids is 3. The number of ether oxygens (including phenoxy) is 1. The van der Waals surface area contributed by atoms with Gasteiger partial charge in [0.15, 0.2) is 6.10 Å². The van der Waals surface area contributed by atoms with Gasteiger partial charge in [0.2, 0.25) is 11.8 Å². The van der Waals surface area contributed by atoms with Crippen molar-refractivity contribution in [3.05, 3.63) is 29.3 Å². The Kier molecular flexibility index (Phi) is 6.39. The highest BCUT2D eigenvalue weighted by molar-refractivity contribution is 6.30. The van der Waals surface area contributed by atoms with Crippen LogP contribution in [0.4, 0.5) is 0 Å². The fourth-order valence-corrected chi connectivity index (χ4v) is 2.59. The molecule has 1 aromatic carbocycles. The van der Waals surface area contributed by atoms with E-state index in [1.54, 1.807) is 29.2 Å². The largest absolute Gasteiger partial charge is 0.481 e. The summed E-state index contributed by atoms with van der Waals surface area (Å²) in [4.78, 5) is 42.8. The Morgan fingerprint density at radius 3 is 2.40 bits per heavy atom. The van der Waals surface area contributed by atoms with Crippen LogP contribution in [0, 0.1) is 0 Å². The van der Waals surface area contributed by atoms with E-state index in [4.69, 9.17) is 21.2 Å². The van der Waals surface area contributed by atoms with Crippen LogP contribution in [-0.2, 0) is 19.2 Å². The van der Waals surface area contributed by atoms with Crippen LogP contribution in [0.5, 0.6) is 5.75 Å². The highest BCUT2D eigenvalue weighted by Gasteiger charge is 2.33. The molecule has 1 aromatic rings. The minimum atomic E-state index is -0.921. The normalized spacial score (nSPS) is 17.9. The summed E-state index contributed by atoms with van der Waals surface area (Å²) >= 11 is 5.81. The third-order valence-electron chi connectivity index (χ3n) is 3.81. The Bertz CT molecular complexity index is 649. The molecular formula is C17H21ClN2O5. The molecule has 1 aliphatic heterocycles. The number of carbonyl (C=O) groups is 3. The fraction of sp³-hybridized carbons (Fsp3) is 0.471. The number of amides is 3. The first-order valence-electron chi connectivity index (χ1n) is 7.97. The zero-order valence-electron chi connectivity index (χ0n) is 14.4. The molecule has 0 aliphatic carbocycles. The molecule has 25 heavy (non-hydrogen) atoms. The molecule has 136 valence electrons. The lowest BCUT2D eigenvalue weighted by molar-refractivity contribution is -0.210. The van der Waals surface area contributed by atoms with Gasteiger partial charge in [0.05, 0.1) is 0 Å². The van der Waals surface area contributed by atoms with Gasteiger partial charge < -0.3 is 9.64 Å². The van der Waals surface area contributed by atoms with Gasteiger partial charge in [-0.25, -0.2) is 0 Å². The van der Waals surface area contributed by atoms with Gasteiger partial charge in [-0.3, -0.25) is 19.2 Å².